The van der Waals surface area contributed by atoms with Gasteiger partial charge in [-0.3, -0.25) is 9.79 Å². The lowest BCUT2D eigenvalue weighted by atomic mass is 9.89. The van der Waals surface area contributed by atoms with Crippen molar-refractivity contribution in [3.63, 3.8) is 0 Å². The highest BCUT2D eigenvalue weighted by Crippen LogP contribution is 2.35. The molecule has 12 heteroatoms. The maximum Gasteiger partial charge on any atom is 0.419 e. The molecule has 198 valence electrons. The third-order valence-corrected chi connectivity index (χ3v) is 8.29. The molecule has 0 aliphatic carbocycles. The van der Waals surface area contributed by atoms with Crippen LogP contribution >= 0.6 is 0 Å². The minimum atomic E-state index is -4.90. The number of sulfonamides is 1. The number of nitrogens with zero attached hydrogens (tertiary/aromatic N) is 2. The molecule has 1 fully saturated rings. The van der Waals surface area contributed by atoms with Gasteiger partial charge in [-0.05, 0) is 79.8 Å². The second-order valence-corrected chi connectivity index (χ2v) is 11.0. The number of carbonyl (C=O) groups excluding carboxylic acids is 1. The third kappa shape index (κ3) is 5.26. The van der Waals surface area contributed by atoms with E-state index in [0.29, 0.717) is 12.1 Å². The Bertz CT molecular complexity index is 1390. The van der Waals surface area contributed by atoms with Gasteiger partial charge in [0, 0.05) is 36.8 Å². The van der Waals surface area contributed by atoms with Gasteiger partial charge in [-0.2, -0.15) is 17.5 Å². The van der Waals surface area contributed by atoms with E-state index in [1.807, 2.05) is 26.0 Å². The van der Waals surface area contributed by atoms with Crippen molar-refractivity contribution in [2.75, 3.05) is 25.5 Å². The van der Waals surface area contributed by atoms with Gasteiger partial charge in [0.2, 0.25) is 10.0 Å². The molecule has 37 heavy (non-hydrogen) atoms. The highest BCUT2D eigenvalue weighted by atomic mass is 32.2. The lowest BCUT2D eigenvalue weighted by Crippen LogP contribution is -2.50. The molecule has 4 rings (SSSR count). The Kier molecular flexibility index (Phi) is 6.93. The fourth-order valence-corrected chi connectivity index (χ4v) is 5.79. The average molecular weight is 539 g/mol. The lowest BCUT2D eigenvalue weighted by Gasteiger charge is -2.34. The summed E-state index contributed by atoms with van der Waals surface area (Å²) in [7, 11) is -2.00. The van der Waals surface area contributed by atoms with Gasteiger partial charge in [-0.25, -0.2) is 12.8 Å². The van der Waals surface area contributed by atoms with E-state index in [1.165, 1.54) is 4.31 Å². The first-order chi connectivity index (χ1) is 17.3. The summed E-state index contributed by atoms with van der Waals surface area (Å²) in [4.78, 5) is 17.1. The van der Waals surface area contributed by atoms with Gasteiger partial charge in [-0.15, -0.1) is 0 Å². The molecule has 2 aromatic rings. The number of amidine groups is 1. The zero-order valence-corrected chi connectivity index (χ0v) is 21.2. The van der Waals surface area contributed by atoms with Crippen LogP contribution in [-0.4, -0.2) is 50.1 Å². The second kappa shape index (κ2) is 9.56. The number of alkyl halides is 3. The number of hydrogen-bond donors (Lipinski definition) is 2. The number of nitrogens with one attached hydrogen (secondary N) is 2. The lowest BCUT2D eigenvalue weighted by molar-refractivity contribution is -0.140. The first kappa shape index (κ1) is 26.8. The number of aryl methyl sites for hydroxylation is 2. The van der Waals surface area contributed by atoms with Crippen LogP contribution in [0.5, 0.6) is 0 Å². The Morgan fingerprint density at radius 3 is 2.30 bits per heavy atom. The fraction of sp³-hybridized carbons (Fsp3) is 0.360. The molecular weight excluding hydrogens is 512 g/mol. The van der Waals surface area contributed by atoms with Gasteiger partial charge in [0.15, 0.2) is 0 Å². The molecular formula is C25H26F4N4O3S. The van der Waals surface area contributed by atoms with Crippen molar-refractivity contribution < 1.29 is 30.8 Å². The molecule has 0 saturated carbocycles. The highest BCUT2D eigenvalue weighted by Gasteiger charge is 2.47. The van der Waals surface area contributed by atoms with E-state index in [0.717, 1.165) is 33.9 Å². The van der Waals surface area contributed by atoms with Crippen molar-refractivity contribution in [2.45, 2.75) is 38.4 Å². The largest absolute Gasteiger partial charge is 0.419 e. The van der Waals surface area contributed by atoms with Gasteiger partial charge in [0.1, 0.15) is 17.2 Å². The molecule has 0 bridgehead atoms. The van der Waals surface area contributed by atoms with E-state index in [9.17, 15) is 30.8 Å². The van der Waals surface area contributed by atoms with Crippen molar-refractivity contribution in [1.29, 1.82) is 0 Å². The number of benzene rings is 2. The number of aliphatic imine (C=N–C) groups is 1. The number of halogens is 4. The summed E-state index contributed by atoms with van der Waals surface area (Å²) in [6, 6.07) is 6.22. The SMILES string of the molecule is CNc1cc(C)c(C=CS(=O)(=O)N2CCC3(CC2)N=C(c2ccc(F)c(C(F)(F)F)c2)NC3=O)c(C)c1. The molecule has 2 heterocycles. The molecule has 0 radical (unpaired) electrons. The van der Waals surface area contributed by atoms with Crippen LogP contribution in [0.4, 0.5) is 23.2 Å². The zero-order chi connectivity index (χ0) is 27.2. The van der Waals surface area contributed by atoms with Crippen LogP contribution in [0.3, 0.4) is 0 Å². The van der Waals surface area contributed by atoms with Crippen LogP contribution in [0.15, 0.2) is 40.7 Å². The molecule has 1 amide bonds. The fourth-order valence-electron chi connectivity index (χ4n) is 4.61. The second-order valence-electron chi connectivity index (χ2n) is 9.16. The molecule has 2 aromatic carbocycles. The van der Waals surface area contributed by atoms with Crippen LogP contribution in [0.25, 0.3) is 6.08 Å². The molecule has 1 spiro atoms. The third-order valence-electron chi connectivity index (χ3n) is 6.72. The number of amides is 1. The van der Waals surface area contributed by atoms with Crippen LogP contribution in [0.1, 0.15) is 40.7 Å². The van der Waals surface area contributed by atoms with Crippen molar-refractivity contribution in [3.8, 4) is 0 Å². The van der Waals surface area contributed by atoms with E-state index in [-0.39, 0.29) is 37.3 Å². The van der Waals surface area contributed by atoms with Crippen molar-refractivity contribution in [1.82, 2.24) is 9.62 Å². The molecule has 2 aliphatic rings. The molecule has 0 atom stereocenters. The van der Waals surface area contributed by atoms with Crippen LogP contribution in [-0.2, 0) is 21.0 Å². The number of anilines is 1. The van der Waals surface area contributed by atoms with E-state index in [1.54, 1.807) is 13.1 Å². The normalized spacial score (nSPS) is 18.4. The highest BCUT2D eigenvalue weighted by molar-refractivity contribution is 7.92. The predicted molar refractivity (Wildman–Crippen MR) is 133 cm³/mol. The minimum Gasteiger partial charge on any atom is -0.388 e. The first-order valence-corrected chi connectivity index (χ1v) is 13.0. The van der Waals surface area contributed by atoms with Gasteiger partial charge < -0.3 is 10.6 Å². The summed E-state index contributed by atoms with van der Waals surface area (Å²) in [5.41, 5.74) is 0.696. The van der Waals surface area contributed by atoms with Gasteiger partial charge in [-0.1, -0.05) is 0 Å². The van der Waals surface area contributed by atoms with Crippen LogP contribution in [0.2, 0.25) is 0 Å². The minimum absolute atomic E-state index is 0.00471. The van der Waals surface area contributed by atoms with Crippen molar-refractivity contribution >= 4 is 33.5 Å². The predicted octanol–water partition coefficient (Wildman–Crippen LogP) is 4.21. The number of hydrogen-bond acceptors (Lipinski definition) is 5. The Labute approximate surface area is 212 Å². The van der Waals surface area contributed by atoms with Gasteiger partial charge in [0.05, 0.1) is 5.56 Å². The summed E-state index contributed by atoms with van der Waals surface area (Å²) in [6.45, 7) is 3.78. The Hall–Kier alpha value is -3.25. The Morgan fingerprint density at radius 2 is 1.73 bits per heavy atom. The van der Waals surface area contributed by atoms with Crippen molar-refractivity contribution in [3.05, 3.63) is 69.4 Å². The number of rotatable bonds is 5. The summed E-state index contributed by atoms with van der Waals surface area (Å²) in [6.07, 6.45) is -3.25. The summed E-state index contributed by atoms with van der Waals surface area (Å²) < 4.78 is 80.2. The zero-order valence-electron chi connectivity index (χ0n) is 20.4. The molecule has 2 aliphatic heterocycles. The van der Waals surface area contributed by atoms with E-state index in [4.69, 9.17) is 0 Å². The maximum absolute atomic E-state index is 13.7. The van der Waals surface area contributed by atoms with E-state index in [2.05, 4.69) is 15.6 Å². The van der Waals surface area contributed by atoms with Crippen LogP contribution < -0.4 is 10.6 Å². The topological polar surface area (TPSA) is 90.9 Å². The average Bonchev–Trinajstić information content (AvgIpc) is 3.13. The molecule has 0 unspecified atom stereocenters. The molecule has 7 nitrogen and oxygen atoms in total. The standard InChI is InChI=1S/C25H26F4N4O3S/c1-15-12-18(30-3)13-16(2)19(15)6-11-37(35,36)33-9-7-24(8-10-33)23(34)31-22(32-24)17-4-5-21(26)20(14-17)25(27,28)29/h4-6,11-14,30H,7-10H2,1-3H3,(H,31,32,34). The maximum atomic E-state index is 13.7. The number of carbonyl (C=O) groups is 1. The summed E-state index contributed by atoms with van der Waals surface area (Å²) in [5, 5.41) is 6.68. The Balaban J connectivity index is 1.51. The Morgan fingerprint density at radius 1 is 1.11 bits per heavy atom. The van der Waals surface area contributed by atoms with Crippen molar-refractivity contribution in [2.24, 2.45) is 4.99 Å². The van der Waals surface area contributed by atoms with Gasteiger partial charge >= 0.3 is 6.18 Å². The summed E-state index contributed by atoms with van der Waals surface area (Å²) in [5.74, 6) is -2.04. The molecule has 2 N–H and O–H groups in total. The molecule has 1 saturated heterocycles. The molecule has 0 aromatic heterocycles. The first-order valence-electron chi connectivity index (χ1n) is 11.5. The monoisotopic (exact) mass is 538 g/mol. The smallest absolute Gasteiger partial charge is 0.388 e. The van der Waals surface area contributed by atoms with E-state index < -0.39 is 39.0 Å². The van der Waals surface area contributed by atoms with Gasteiger partial charge in [0.25, 0.3) is 5.91 Å². The summed E-state index contributed by atoms with van der Waals surface area (Å²) >= 11 is 0. The van der Waals surface area contributed by atoms with Crippen LogP contribution in [0, 0.1) is 19.7 Å². The quantitative estimate of drug-likeness (QED) is 0.558. The number of piperidine rings is 1. The van der Waals surface area contributed by atoms with E-state index >= 15 is 0 Å².